The van der Waals surface area contributed by atoms with Crippen molar-refractivity contribution < 1.29 is 4.79 Å². The summed E-state index contributed by atoms with van der Waals surface area (Å²) < 4.78 is 2.19. The van der Waals surface area contributed by atoms with Crippen LogP contribution < -0.4 is 11.1 Å². The Bertz CT molecular complexity index is 655. The van der Waals surface area contributed by atoms with E-state index in [9.17, 15) is 4.79 Å². The van der Waals surface area contributed by atoms with E-state index >= 15 is 0 Å². The zero-order valence-electron chi connectivity index (χ0n) is 12.3. The molecule has 0 aliphatic carbocycles. The number of carbonyl (C=O) groups excluding carboxylic acids is 1. The lowest BCUT2D eigenvalue weighted by atomic mass is 10.2. The number of anilines is 1. The molecule has 0 atom stereocenters. The van der Waals surface area contributed by atoms with Gasteiger partial charge in [-0.05, 0) is 25.0 Å². The molecule has 0 saturated heterocycles. The van der Waals surface area contributed by atoms with E-state index in [-0.39, 0.29) is 24.9 Å². The molecule has 0 unspecified atom stereocenters. The number of rotatable bonds is 3. The van der Waals surface area contributed by atoms with Crippen LogP contribution in [0.4, 0.5) is 5.69 Å². The van der Waals surface area contributed by atoms with E-state index in [4.69, 9.17) is 5.73 Å². The molecular formula is C15H20ClN5O. The van der Waals surface area contributed by atoms with Gasteiger partial charge in [0.1, 0.15) is 5.82 Å². The van der Waals surface area contributed by atoms with Crippen LogP contribution in [0.5, 0.6) is 0 Å². The second-order valence-electron chi connectivity index (χ2n) is 5.24. The van der Waals surface area contributed by atoms with Crippen LogP contribution in [-0.2, 0) is 17.8 Å². The number of aryl methyl sites for hydroxylation is 1. The number of nitrogens with one attached hydrogen (secondary N) is 1. The maximum absolute atomic E-state index is 11.4. The number of carbonyl (C=O) groups is 1. The number of hydrogen-bond acceptors (Lipinski definition) is 4. The highest BCUT2D eigenvalue weighted by molar-refractivity contribution is 5.92. The number of nitrogens with two attached hydrogens (primary N) is 1. The molecule has 0 bridgehead atoms. The minimum Gasteiger partial charge on any atom is -0.325 e. The Morgan fingerprint density at radius 1 is 1.27 bits per heavy atom. The van der Waals surface area contributed by atoms with Gasteiger partial charge in [-0.25, -0.2) is 0 Å². The van der Waals surface area contributed by atoms with Gasteiger partial charge in [0.15, 0.2) is 5.82 Å². The molecule has 1 aliphatic heterocycles. The smallest absolute Gasteiger partial charge is 0.238 e. The fraction of sp³-hybridized carbons (Fsp3) is 0.400. The van der Waals surface area contributed by atoms with Crippen molar-refractivity contribution in [2.75, 3.05) is 11.9 Å². The predicted octanol–water partition coefficient (Wildman–Crippen LogP) is 1.99. The fourth-order valence-corrected chi connectivity index (χ4v) is 2.65. The van der Waals surface area contributed by atoms with Crippen LogP contribution in [0.15, 0.2) is 24.3 Å². The van der Waals surface area contributed by atoms with E-state index in [1.54, 1.807) is 0 Å². The second-order valence-corrected chi connectivity index (χ2v) is 5.24. The van der Waals surface area contributed by atoms with Crippen molar-refractivity contribution in [1.82, 2.24) is 14.8 Å². The molecule has 0 spiro atoms. The topological polar surface area (TPSA) is 85.8 Å². The molecule has 6 nitrogen and oxygen atoms in total. The molecule has 0 fully saturated rings. The number of aromatic nitrogens is 3. The molecule has 22 heavy (non-hydrogen) atoms. The van der Waals surface area contributed by atoms with Crippen LogP contribution in [-0.4, -0.2) is 27.2 Å². The number of hydrogen-bond donors (Lipinski definition) is 2. The lowest BCUT2D eigenvalue weighted by Crippen LogP contribution is -2.21. The summed E-state index contributed by atoms with van der Waals surface area (Å²) in [6.45, 7) is 0.932. The van der Waals surface area contributed by atoms with Crippen LogP contribution in [0.1, 0.15) is 25.1 Å². The summed E-state index contributed by atoms with van der Waals surface area (Å²) in [7, 11) is 0. The zero-order chi connectivity index (χ0) is 14.7. The highest BCUT2D eigenvalue weighted by Crippen LogP contribution is 2.24. The molecular weight excluding hydrogens is 302 g/mol. The van der Waals surface area contributed by atoms with Gasteiger partial charge in [-0.3, -0.25) is 4.79 Å². The lowest BCUT2D eigenvalue weighted by molar-refractivity contribution is -0.114. The molecule has 0 radical (unpaired) electrons. The van der Waals surface area contributed by atoms with Gasteiger partial charge in [-0.15, -0.1) is 22.6 Å². The summed E-state index contributed by atoms with van der Waals surface area (Å²) in [5.41, 5.74) is 7.02. The van der Waals surface area contributed by atoms with Crippen LogP contribution in [0, 0.1) is 0 Å². The van der Waals surface area contributed by atoms with Gasteiger partial charge in [0.25, 0.3) is 0 Å². The molecule has 2 heterocycles. The molecule has 7 heteroatoms. The van der Waals surface area contributed by atoms with Crippen molar-refractivity contribution in [3.8, 4) is 11.4 Å². The highest BCUT2D eigenvalue weighted by Gasteiger charge is 2.16. The SMILES string of the molecule is Cl.NCC(=O)Nc1cccc(-c2nnc3n2CCCCC3)c1. The number of halogens is 1. The largest absolute Gasteiger partial charge is 0.325 e. The third-order valence-electron chi connectivity index (χ3n) is 3.70. The van der Waals surface area contributed by atoms with Gasteiger partial charge < -0.3 is 15.6 Å². The average Bonchev–Trinajstić information content (AvgIpc) is 2.76. The fourth-order valence-electron chi connectivity index (χ4n) is 2.65. The molecule has 2 aromatic rings. The Morgan fingerprint density at radius 2 is 2.14 bits per heavy atom. The number of nitrogens with zero attached hydrogens (tertiary/aromatic N) is 3. The molecule has 3 N–H and O–H groups in total. The van der Waals surface area contributed by atoms with Gasteiger partial charge in [0.05, 0.1) is 6.54 Å². The Labute approximate surface area is 135 Å². The minimum atomic E-state index is -0.202. The first kappa shape index (κ1) is 16.5. The zero-order valence-corrected chi connectivity index (χ0v) is 13.1. The normalized spacial score (nSPS) is 13.7. The second kappa shape index (κ2) is 7.38. The van der Waals surface area contributed by atoms with Crippen molar-refractivity contribution >= 4 is 24.0 Å². The molecule has 1 aromatic carbocycles. The van der Waals surface area contributed by atoms with E-state index in [1.165, 1.54) is 12.8 Å². The van der Waals surface area contributed by atoms with Crippen molar-refractivity contribution in [1.29, 1.82) is 0 Å². The molecule has 118 valence electrons. The highest BCUT2D eigenvalue weighted by atomic mass is 35.5. The van der Waals surface area contributed by atoms with Gasteiger partial charge in [0.2, 0.25) is 5.91 Å². The van der Waals surface area contributed by atoms with Crippen LogP contribution >= 0.6 is 12.4 Å². The summed E-state index contributed by atoms with van der Waals surface area (Å²) in [4.78, 5) is 11.4. The Morgan fingerprint density at radius 3 is 2.95 bits per heavy atom. The molecule has 1 aromatic heterocycles. The first-order valence-corrected chi connectivity index (χ1v) is 7.30. The van der Waals surface area contributed by atoms with Crippen LogP contribution in [0.2, 0.25) is 0 Å². The predicted molar refractivity (Wildman–Crippen MR) is 87.9 cm³/mol. The summed E-state index contributed by atoms with van der Waals surface area (Å²) in [5, 5.41) is 11.4. The Hall–Kier alpha value is -1.92. The Kier molecular flexibility index (Phi) is 5.51. The van der Waals surface area contributed by atoms with E-state index in [2.05, 4.69) is 20.1 Å². The van der Waals surface area contributed by atoms with Gasteiger partial charge >= 0.3 is 0 Å². The monoisotopic (exact) mass is 321 g/mol. The quantitative estimate of drug-likeness (QED) is 0.905. The minimum absolute atomic E-state index is 0. The number of amides is 1. The average molecular weight is 322 g/mol. The first-order chi connectivity index (χ1) is 10.3. The lowest BCUT2D eigenvalue weighted by Gasteiger charge is -2.09. The number of benzene rings is 1. The maximum Gasteiger partial charge on any atom is 0.238 e. The third kappa shape index (κ3) is 3.45. The number of fused-ring (bicyclic) bond motifs is 1. The van der Waals surface area contributed by atoms with Crippen molar-refractivity contribution in [3.63, 3.8) is 0 Å². The van der Waals surface area contributed by atoms with Crippen LogP contribution in [0.3, 0.4) is 0 Å². The van der Waals surface area contributed by atoms with Gasteiger partial charge in [0, 0.05) is 24.2 Å². The first-order valence-electron chi connectivity index (χ1n) is 7.30. The summed E-state index contributed by atoms with van der Waals surface area (Å²) >= 11 is 0. The van der Waals surface area contributed by atoms with Crippen molar-refractivity contribution in [2.45, 2.75) is 32.2 Å². The summed E-state index contributed by atoms with van der Waals surface area (Å²) in [5.74, 6) is 1.72. The van der Waals surface area contributed by atoms with Gasteiger partial charge in [-0.1, -0.05) is 18.6 Å². The summed E-state index contributed by atoms with van der Waals surface area (Å²) in [6.07, 6.45) is 4.54. The molecule has 0 saturated carbocycles. The van der Waals surface area contributed by atoms with Crippen molar-refractivity contribution in [2.24, 2.45) is 5.73 Å². The summed E-state index contributed by atoms with van der Waals surface area (Å²) in [6, 6.07) is 7.65. The molecule has 3 rings (SSSR count). The van der Waals surface area contributed by atoms with Crippen LogP contribution in [0.25, 0.3) is 11.4 Å². The van der Waals surface area contributed by atoms with E-state index in [0.29, 0.717) is 0 Å². The van der Waals surface area contributed by atoms with E-state index < -0.39 is 0 Å². The third-order valence-corrected chi connectivity index (χ3v) is 3.70. The van der Waals surface area contributed by atoms with Gasteiger partial charge in [-0.2, -0.15) is 0 Å². The van der Waals surface area contributed by atoms with Crippen molar-refractivity contribution in [3.05, 3.63) is 30.1 Å². The molecule has 1 aliphatic rings. The van der Waals surface area contributed by atoms with E-state index in [0.717, 1.165) is 42.3 Å². The maximum atomic E-state index is 11.4. The Balaban J connectivity index is 0.00000176. The standard InChI is InChI=1S/C15H19N5O.ClH/c16-10-14(21)17-12-6-4-5-11(9-12)15-19-18-13-7-2-1-3-8-20(13)15;/h4-6,9H,1-3,7-8,10,16H2,(H,17,21);1H. The van der Waals surface area contributed by atoms with E-state index in [1.807, 2.05) is 24.3 Å². The molecule has 1 amide bonds.